The van der Waals surface area contributed by atoms with Crippen molar-refractivity contribution in [2.75, 3.05) is 13.2 Å². The smallest absolute Gasteiger partial charge is 0.141 e. The van der Waals surface area contributed by atoms with E-state index in [0.29, 0.717) is 5.92 Å². The Hall–Kier alpha value is -0.830. The Morgan fingerprint density at radius 2 is 2.46 bits per heavy atom. The van der Waals surface area contributed by atoms with E-state index in [9.17, 15) is 0 Å². The van der Waals surface area contributed by atoms with Gasteiger partial charge in [0.25, 0.3) is 0 Å². The van der Waals surface area contributed by atoms with E-state index in [1.54, 1.807) is 6.20 Å². The van der Waals surface area contributed by atoms with E-state index in [4.69, 9.17) is 9.26 Å². The fraction of sp³-hybridized carbons (Fsp3) is 0.700. The summed E-state index contributed by atoms with van der Waals surface area (Å²) < 4.78 is 10.5. The Labute approximate surface area is 79.1 Å². The lowest BCUT2D eigenvalue weighted by Crippen LogP contribution is -2.04. The van der Waals surface area contributed by atoms with Crippen LogP contribution < -0.4 is 0 Å². The lowest BCUT2D eigenvalue weighted by Gasteiger charge is -2.07. The summed E-state index contributed by atoms with van der Waals surface area (Å²) in [5.41, 5.74) is 0. The molecule has 0 fully saturated rings. The maximum absolute atomic E-state index is 5.47. The molecular formula is C10H17NO2. The quantitative estimate of drug-likeness (QED) is 0.636. The Balaban J connectivity index is 2.15. The van der Waals surface area contributed by atoms with Gasteiger partial charge in [-0.15, -0.1) is 0 Å². The summed E-state index contributed by atoms with van der Waals surface area (Å²) >= 11 is 0. The standard InChI is InChI=1S/C10H17NO2/c1-3-4-7-12-8-9(2)10-5-6-11-13-10/h5-6,9H,3-4,7-8H2,1-2H3. The van der Waals surface area contributed by atoms with Gasteiger partial charge in [0.05, 0.1) is 12.8 Å². The van der Waals surface area contributed by atoms with E-state index < -0.39 is 0 Å². The summed E-state index contributed by atoms with van der Waals surface area (Å²) in [7, 11) is 0. The summed E-state index contributed by atoms with van der Waals surface area (Å²) in [6.45, 7) is 5.79. The molecule has 0 spiro atoms. The fourth-order valence-electron chi connectivity index (χ4n) is 1.07. The zero-order chi connectivity index (χ0) is 9.52. The van der Waals surface area contributed by atoms with Gasteiger partial charge >= 0.3 is 0 Å². The lowest BCUT2D eigenvalue weighted by atomic mass is 10.1. The molecule has 0 aliphatic rings. The molecule has 74 valence electrons. The molecule has 1 rings (SSSR count). The van der Waals surface area contributed by atoms with Crippen molar-refractivity contribution in [3.8, 4) is 0 Å². The minimum Gasteiger partial charge on any atom is -0.381 e. The van der Waals surface area contributed by atoms with E-state index in [2.05, 4.69) is 19.0 Å². The summed E-state index contributed by atoms with van der Waals surface area (Å²) in [4.78, 5) is 0. The summed E-state index contributed by atoms with van der Waals surface area (Å²) in [6.07, 6.45) is 3.97. The third kappa shape index (κ3) is 3.59. The first-order valence-corrected chi connectivity index (χ1v) is 4.83. The molecule has 1 aromatic rings. The topological polar surface area (TPSA) is 35.3 Å². The number of ether oxygens (including phenoxy) is 1. The van der Waals surface area contributed by atoms with Crippen LogP contribution >= 0.6 is 0 Å². The van der Waals surface area contributed by atoms with Crippen molar-refractivity contribution >= 4 is 0 Å². The molecule has 0 aliphatic carbocycles. The van der Waals surface area contributed by atoms with Crippen LogP contribution in [0.3, 0.4) is 0 Å². The van der Waals surface area contributed by atoms with Crippen molar-refractivity contribution in [3.63, 3.8) is 0 Å². The second kappa shape index (κ2) is 5.75. The maximum atomic E-state index is 5.47. The van der Waals surface area contributed by atoms with E-state index in [1.807, 2.05) is 6.07 Å². The molecule has 1 heterocycles. The van der Waals surface area contributed by atoms with Gasteiger partial charge in [0.15, 0.2) is 0 Å². The van der Waals surface area contributed by atoms with Crippen molar-refractivity contribution in [2.45, 2.75) is 32.6 Å². The average molecular weight is 183 g/mol. The largest absolute Gasteiger partial charge is 0.381 e. The lowest BCUT2D eigenvalue weighted by molar-refractivity contribution is 0.114. The van der Waals surface area contributed by atoms with Crippen molar-refractivity contribution in [2.24, 2.45) is 0 Å². The fourth-order valence-corrected chi connectivity index (χ4v) is 1.07. The van der Waals surface area contributed by atoms with Crippen molar-refractivity contribution in [1.29, 1.82) is 0 Å². The third-order valence-corrected chi connectivity index (χ3v) is 1.95. The zero-order valence-electron chi connectivity index (χ0n) is 8.32. The molecule has 1 aromatic heterocycles. The van der Waals surface area contributed by atoms with Crippen LogP contribution in [0.4, 0.5) is 0 Å². The molecule has 0 amide bonds. The summed E-state index contributed by atoms with van der Waals surface area (Å²) in [5.74, 6) is 1.20. The Morgan fingerprint density at radius 3 is 3.08 bits per heavy atom. The monoisotopic (exact) mass is 183 g/mol. The van der Waals surface area contributed by atoms with Crippen LogP contribution in [0.15, 0.2) is 16.8 Å². The Kier molecular flexibility index (Phi) is 4.54. The zero-order valence-corrected chi connectivity index (χ0v) is 8.32. The molecule has 0 saturated carbocycles. The van der Waals surface area contributed by atoms with E-state index >= 15 is 0 Å². The van der Waals surface area contributed by atoms with Gasteiger partial charge in [-0.1, -0.05) is 25.4 Å². The molecule has 0 saturated heterocycles. The third-order valence-electron chi connectivity index (χ3n) is 1.95. The van der Waals surface area contributed by atoms with Crippen LogP contribution in [0.25, 0.3) is 0 Å². The van der Waals surface area contributed by atoms with Gasteiger partial charge in [-0.2, -0.15) is 0 Å². The number of hydrogen-bond acceptors (Lipinski definition) is 3. The van der Waals surface area contributed by atoms with Crippen molar-refractivity contribution in [1.82, 2.24) is 5.16 Å². The number of nitrogens with zero attached hydrogens (tertiary/aromatic N) is 1. The van der Waals surface area contributed by atoms with E-state index in [-0.39, 0.29) is 0 Å². The van der Waals surface area contributed by atoms with Gasteiger partial charge in [0.1, 0.15) is 5.76 Å². The second-order valence-electron chi connectivity index (χ2n) is 3.24. The number of hydrogen-bond donors (Lipinski definition) is 0. The SMILES string of the molecule is CCCCOCC(C)c1ccno1. The summed E-state index contributed by atoms with van der Waals surface area (Å²) in [5, 5.41) is 3.66. The highest BCUT2D eigenvalue weighted by molar-refractivity contribution is 4.99. The predicted molar refractivity (Wildman–Crippen MR) is 50.6 cm³/mol. The molecule has 1 unspecified atom stereocenters. The average Bonchev–Trinajstić information content (AvgIpc) is 2.65. The van der Waals surface area contributed by atoms with Gasteiger partial charge < -0.3 is 9.26 Å². The molecule has 1 atom stereocenters. The molecule has 0 radical (unpaired) electrons. The number of unbranched alkanes of at least 4 members (excludes halogenated alkanes) is 1. The van der Waals surface area contributed by atoms with Crippen LogP contribution in [0.2, 0.25) is 0 Å². The van der Waals surface area contributed by atoms with Gasteiger partial charge in [-0.3, -0.25) is 0 Å². The molecule has 0 aliphatic heterocycles. The van der Waals surface area contributed by atoms with Gasteiger partial charge in [-0.25, -0.2) is 0 Å². The van der Waals surface area contributed by atoms with Crippen LogP contribution in [-0.4, -0.2) is 18.4 Å². The van der Waals surface area contributed by atoms with Gasteiger partial charge in [0.2, 0.25) is 0 Å². The van der Waals surface area contributed by atoms with E-state index in [1.165, 1.54) is 6.42 Å². The highest BCUT2D eigenvalue weighted by atomic mass is 16.5. The first-order valence-electron chi connectivity index (χ1n) is 4.83. The highest BCUT2D eigenvalue weighted by Crippen LogP contribution is 2.13. The Bertz CT molecular complexity index is 209. The molecule has 13 heavy (non-hydrogen) atoms. The highest BCUT2D eigenvalue weighted by Gasteiger charge is 2.08. The number of rotatable bonds is 6. The van der Waals surface area contributed by atoms with E-state index in [0.717, 1.165) is 25.4 Å². The minimum atomic E-state index is 0.305. The molecule has 0 aromatic carbocycles. The van der Waals surface area contributed by atoms with Crippen LogP contribution in [0.1, 0.15) is 38.4 Å². The van der Waals surface area contributed by atoms with Crippen LogP contribution in [-0.2, 0) is 4.74 Å². The molecule has 0 bridgehead atoms. The van der Waals surface area contributed by atoms with Crippen molar-refractivity contribution < 1.29 is 9.26 Å². The van der Waals surface area contributed by atoms with Crippen LogP contribution in [0.5, 0.6) is 0 Å². The molecule has 3 nitrogen and oxygen atoms in total. The predicted octanol–water partition coefficient (Wildman–Crippen LogP) is 2.59. The summed E-state index contributed by atoms with van der Waals surface area (Å²) in [6, 6.07) is 1.88. The normalized spacial score (nSPS) is 13.1. The van der Waals surface area contributed by atoms with Crippen LogP contribution in [0, 0.1) is 0 Å². The molecule has 3 heteroatoms. The number of aromatic nitrogens is 1. The maximum Gasteiger partial charge on any atom is 0.141 e. The second-order valence-corrected chi connectivity index (χ2v) is 3.24. The Morgan fingerprint density at radius 1 is 1.62 bits per heavy atom. The minimum absolute atomic E-state index is 0.305. The molecule has 0 N–H and O–H groups in total. The molecular weight excluding hydrogens is 166 g/mol. The first-order chi connectivity index (χ1) is 6.34. The van der Waals surface area contributed by atoms with Gasteiger partial charge in [0, 0.05) is 18.6 Å². The van der Waals surface area contributed by atoms with Gasteiger partial charge in [-0.05, 0) is 6.42 Å². The first kappa shape index (κ1) is 10.3. The van der Waals surface area contributed by atoms with Crippen molar-refractivity contribution in [3.05, 3.63) is 18.0 Å².